The summed E-state index contributed by atoms with van der Waals surface area (Å²) in [6, 6.07) is 5.66. The Balaban J connectivity index is 1.67. The van der Waals surface area contributed by atoms with Crippen LogP contribution >= 0.6 is 0 Å². The quantitative estimate of drug-likeness (QED) is 0.438. The second-order valence-electron chi connectivity index (χ2n) is 9.91. The summed E-state index contributed by atoms with van der Waals surface area (Å²) in [5.41, 5.74) is 3.05. The number of nitrogens with zero attached hydrogens (tertiary/aromatic N) is 3. The van der Waals surface area contributed by atoms with Crippen LogP contribution in [-0.4, -0.2) is 34.4 Å². The molecule has 178 valence electrons. The lowest BCUT2D eigenvalue weighted by atomic mass is 9.84. The maximum atomic E-state index is 12.8. The van der Waals surface area contributed by atoms with Gasteiger partial charge in [0.25, 0.3) is 5.89 Å². The normalized spacial score (nSPS) is 15.4. The first kappa shape index (κ1) is 23.3. The molecule has 3 aromatic rings. The summed E-state index contributed by atoms with van der Waals surface area (Å²) in [7, 11) is 0. The van der Waals surface area contributed by atoms with E-state index in [1.165, 1.54) is 25.7 Å². The number of anilines is 2. The van der Waals surface area contributed by atoms with Crippen LogP contribution in [0.3, 0.4) is 0 Å². The van der Waals surface area contributed by atoms with E-state index in [9.17, 15) is 13.2 Å². The van der Waals surface area contributed by atoms with Crippen LogP contribution in [0.2, 0.25) is 0 Å². The highest BCUT2D eigenvalue weighted by atomic mass is 19.4. The first-order valence-corrected chi connectivity index (χ1v) is 11.3. The summed E-state index contributed by atoms with van der Waals surface area (Å²) >= 11 is 0. The smallest absolute Gasteiger partial charge is 0.402 e. The average Bonchev–Trinajstić information content (AvgIpc) is 3.41. The van der Waals surface area contributed by atoms with Gasteiger partial charge in [0.2, 0.25) is 0 Å². The van der Waals surface area contributed by atoms with Gasteiger partial charge in [-0.3, -0.25) is 0 Å². The molecule has 1 saturated carbocycles. The van der Waals surface area contributed by atoms with Crippen molar-refractivity contribution in [2.45, 2.75) is 65.0 Å². The van der Waals surface area contributed by atoms with Crippen molar-refractivity contribution >= 4 is 22.6 Å². The van der Waals surface area contributed by atoms with Gasteiger partial charge in [0.15, 0.2) is 0 Å². The molecular formula is C24H30F3N5O. The van der Waals surface area contributed by atoms with E-state index in [1.807, 2.05) is 33.8 Å². The molecule has 33 heavy (non-hydrogen) atoms. The number of hydrogen-bond acceptors (Lipinski definition) is 6. The minimum Gasteiger partial charge on any atom is -0.402 e. The van der Waals surface area contributed by atoms with Crippen molar-refractivity contribution in [3.8, 4) is 11.6 Å². The fourth-order valence-electron chi connectivity index (χ4n) is 4.32. The molecule has 1 aromatic carbocycles. The Hall–Kier alpha value is -2.84. The van der Waals surface area contributed by atoms with Gasteiger partial charge in [-0.05, 0) is 60.4 Å². The number of nitrogens with one attached hydrogen (secondary N) is 2. The number of pyridine rings is 1. The van der Waals surface area contributed by atoms with E-state index in [2.05, 4.69) is 20.8 Å². The molecule has 1 aliphatic carbocycles. The van der Waals surface area contributed by atoms with E-state index in [4.69, 9.17) is 9.40 Å². The molecule has 0 saturated heterocycles. The Morgan fingerprint density at radius 1 is 1.03 bits per heavy atom. The number of fused-ring (bicyclic) bond motifs is 1. The van der Waals surface area contributed by atoms with E-state index >= 15 is 0 Å². The van der Waals surface area contributed by atoms with Crippen LogP contribution in [0.5, 0.6) is 0 Å². The first-order valence-electron chi connectivity index (χ1n) is 11.3. The van der Waals surface area contributed by atoms with Gasteiger partial charge in [0, 0.05) is 17.6 Å². The monoisotopic (exact) mass is 461 g/mol. The van der Waals surface area contributed by atoms with Crippen molar-refractivity contribution in [3.63, 3.8) is 0 Å². The van der Waals surface area contributed by atoms with Gasteiger partial charge in [0.05, 0.1) is 5.52 Å². The van der Waals surface area contributed by atoms with Gasteiger partial charge < -0.3 is 15.1 Å². The molecule has 2 aromatic heterocycles. The van der Waals surface area contributed by atoms with Crippen LogP contribution < -0.4 is 10.6 Å². The zero-order chi connectivity index (χ0) is 23.8. The average molecular weight is 462 g/mol. The zero-order valence-corrected chi connectivity index (χ0v) is 19.4. The summed E-state index contributed by atoms with van der Waals surface area (Å²) in [6.07, 6.45) is 0.676. The topological polar surface area (TPSA) is 75.9 Å². The lowest BCUT2D eigenvalue weighted by Crippen LogP contribution is -2.22. The number of benzene rings is 1. The molecule has 0 radical (unpaired) electrons. The van der Waals surface area contributed by atoms with E-state index in [0.29, 0.717) is 34.7 Å². The molecule has 0 bridgehead atoms. The predicted octanol–water partition coefficient (Wildman–Crippen LogP) is 6.47. The number of rotatable bonds is 6. The minimum atomic E-state index is -4.30. The Morgan fingerprint density at radius 3 is 2.42 bits per heavy atom. The summed E-state index contributed by atoms with van der Waals surface area (Å²) in [4.78, 5) is 4.80. The van der Waals surface area contributed by atoms with Gasteiger partial charge in [-0.2, -0.15) is 13.2 Å². The molecule has 1 fully saturated rings. The van der Waals surface area contributed by atoms with Gasteiger partial charge in [-0.1, -0.05) is 38.7 Å². The van der Waals surface area contributed by atoms with E-state index in [0.717, 1.165) is 23.1 Å². The lowest BCUT2D eigenvalue weighted by Gasteiger charge is -2.23. The number of aryl methyl sites for hydroxylation is 1. The van der Waals surface area contributed by atoms with Crippen molar-refractivity contribution in [2.24, 2.45) is 5.92 Å². The Bertz CT molecular complexity index is 1130. The maximum Gasteiger partial charge on any atom is 0.405 e. The van der Waals surface area contributed by atoms with Crippen molar-refractivity contribution in [3.05, 3.63) is 29.3 Å². The van der Waals surface area contributed by atoms with Gasteiger partial charge in [-0.25, -0.2) is 4.98 Å². The van der Waals surface area contributed by atoms with Gasteiger partial charge in [-0.15, -0.1) is 5.10 Å². The molecule has 1 aliphatic rings. The van der Waals surface area contributed by atoms with E-state index < -0.39 is 12.7 Å². The van der Waals surface area contributed by atoms with Crippen molar-refractivity contribution in [2.75, 3.05) is 23.7 Å². The van der Waals surface area contributed by atoms with Crippen molar-refractivity contribution in [1.82, 2.24) is 15.2 Å². The van der Waals surface area contributed by atoms with Gasteiger partial charge >= 0.3 is 12.2 Å². The third-order valence-electron chi connectivity index (χ3n) is 6.08. The highest BCUT2D eigenvalue weighted by molar-refractivity contribution is 5.90. The van der Waals surface area contributed by atoms with Crippen molar-refractivity contribution in [1.29, 1.82) is 0 Å². The molecule has 0 unspecified atom stereocenters. The maximum absolute atomic E-state index is 12.8. The lowest BCUT2D eigenvalue weighted by molar-refractivity contribution is -0.115. The molecule has 6 nitrogen and oxygen atoms in total. The fourth-order valence-corrected chi connectivity index (χ4v) is 4.32. The second-order valence-corrected chi connectivity index (χ2v) is 9.91. The fraction of sp³-hybridized carbons (Fsp3) is 0.542. The zero-order valence-electron chi connectivity index (χ0n) is 19.4. The van der Waals surface area contributed by atoms with Crippen LogP contribution in [0, 0.1) is 12.8 Å². The highest BCUT2D eigenvalue weighted by Crippen LogP contribution is 2.35. The van der Waals surface area contributed by atoms with Gasteiger partial charge in [0.1, 0.15) is 12.2 Å². The van der Waals surface area contributed by atoms with E-state index in [-0.39, 0.29) is 5.41 Å². The van der Waals surface area contributed by atoms with Crippen LogP contribution in [0.25, 0.3) is 22.5 Å². The molecule has 4 rings (SSSR count). The molecule has 0 spiro atoms. The number of alkyl halides is 3. The second kappa shape index (κ2) is 8.83. The molecule has 2 heterocycles. The summed E-state index contributed by atoms with van der Waals surface area (Å²) in [5.74, 6) is 0.948. The number of halogens is 3. The standard InChI is InChI=1S/C24H30F3N5O/c1-14-9-19(21-31-32-22(33-21)28-12-15-7-5-6-8-15)30-20-17(14)10-16(29-13-24(25,26)27)11-18(20)23(2,3)4/h9-11,15,29H,5-8,12-13H2,1-4H3,(H,28,32). The minimum absolute atomic E-state index is 0.313. The Kier molecular flexibility index (Phi) is 6.24. The largest absolute Gasteiger partial charge is 0.405 e. The summed E-state index contributed by atoms with van der Waals surface area (Å²) in [5, 5.41) is 14.8. The summed E-state index contributed by atoms with van der Waals surface area (Å²) < 4.78 is 44.1. The third kappa shape index (κ3) is 5.57. The predicted molar refractivity (Wildman–Crippen MR) is 123 cm³/mol. The molecule has 0 atom stereocenters. The summed E-state index contributed by atoms with van der Waals surface area (Å²) in [6.45, 7) is 7.66. The van der Waals surface area contributed by atoms with Crippen LogP contribution in [0.4, 0.5) is 24.9 Å². The third-order valence-corrected chi connectivity index (χ3v) is 6.08. The Morgan fingerprint density at radius 2 is 1.76 bits per heavy atom. The van der Waals surface area contributed by atoms with Crippen LogP contribution in [-0.2, 0) is 5.41 Å². The van der Waals surface area contributed by atoms with Crippen LogP contribution in [0.15, 0.2) is 22.6 Å². The Labute approximate surface area is 191 Å². The molecule has 0 aliphatic heterocycles. The molecule has 2 N–H and O–H groups in total. The highest BCUT2D eigenvalue weighted by Gasteiger charge is 2.28. The number of aromatic nitrogens is 3. The SMILES string of the molecule is Cc1cc(-c2nnc(NCC3CCCC3)o2)nc2c(C(C)(C)C)cc(NCC(F)(F)F)cc12. The number of hydrogen-bond donors (Lipinski definition) is 2. The molecule has 9 heteroatoms. The van der Waals surface area contributed by atoms with Crippen LogP contribution in [0.1, 0.15) is 57.6 Å². The van der Waals surface area contributed by atoms with Crippen molar-refractivity contribution < 1.29 is 17.6 Å². The molecule has 0 amide bonds. The first-order chi connectivity index (χ1) is 15.5. The van der Waals surface area contributed by atoms with E-state index in [1.54, 1.807) is 12.1 Å². The molecular weight excluding hydrogens is 431 g/mol.